The molecule has 0 spiro atoms. The van der Waals surface area contributed by atoms with E-state index in [2.05, 4.69) is 12.2 Å². The number of carbonyl (C=O) groups excluding carboxylic acids is 2. The van der Waals surface area contributed by atoms with Crippen LogP contribution in [0.2, 0.25) is 0 Å². The fourth-order valence-corrected chi connectivity index (χ4v) is 3.09. The first-order valence-electron chi connectivity index (χ1n) is 6.53. The number of fused-ring (bicyclic) bond motifs is 2. The second kappa shape index (κ2) is 4.98. The van der Waals surface area contributed by atoms with Gasteiger partial charge in [0.2, 0.25) is 5.91 Å². The third-order valence-electron chi connectivity index (χ3n) is 3.97. The smallest absolute Gasteiger partial charge is 0.223 e. The van der Waals surface area contributed by atoms with E-state index in [1.807, 2.05) is 0 Å². The summed E-state index contributed by atoms with van der Waals surface area (Å²) in [6, 6.07) is 0. The van der Waals surface area contributed by atoms with Crippen LogP contribution in [-0.4, -0.2) is 18.2 Å². The Bertz CT molecular complexity index is 272. The molecule has 1 N–H and O–H groups in total. The van der Waals surface area contributed by atoms with Gasteiger partial charge >= 0.3 is 0 Å². The van der Waals surface area contributed by atoms with Crippen LogP contribution in [0.5, 0.6) is 0 Å². The van der Waals surface area contributed by atoms with E-state index < -0.39 is 0 Å². The number of hydrogen-bond acceptors (Lipinski definition) is 2. The van der Waals surface area contributed by atoms with Crippen LogP contribution < -0.4 is 5.32 Å². The molecule has 1 amide bonds. The monoisotopic (exact) mass is 223 g/mol. The van der Waals surface area contributed by atoms with Gasteiger partial charge in [-0.2, -0.15) is 0 Å². The second-order valence-corrected chi connectivity index (χ2v) is 5.19. The summed E-state index contributed by atoms with van der Waals surface area (Å²) in [4.78, 5) is 23.7. The molecule has 90 valence electrons. The molecule has 3 heteroatoms. The van der Waals surface area contributed by atoms with E-state index >= 15 is 0 Å². The Labute approximate surface area is 97.0 Å². The lowest BCUT2D eigenvalue weighted by molar-refractivity contribution is -0.137. The van der Waals surface area contributed by atoms with Crippen molar-refractivity contribution in [3.8, 4) is 0 Å². The van der Waals surface area contributed by atoms with E-state index in [0.29, 0.717) is 5.78 Å². The van der Waals surface area contributed by atoms with Gasteiger partial charge in [0.25, 0.3) is 0 Å². The minimum absolute atomic E-state index is 0.0968. The molecule has 0 aromatic rings. The van der Waals surface area contributed by atoms with Crippen LogP contribution in [0.4, 0.5) is 0 Å². The van der Waals surface area contributed by atoms with E-state index in [1.165, 1.54) is 6.42 Å². The topological polar surface area (TPSA) is 46.2 Å². The molecule has 0 radical (unpaired) electrons. The number of nitrogens with one attached hydrogen (secondary N) is 1. The molecular formula is C13H21NO2. The van der Waals surface area contributed by atoms with Crippen LogP contribution in [0.1, 0.15) is 45.4 Å². The molecule has 2 fully saturated rings. The van der Waals surface area contributed by atoms with Crippen molar-refractivity contribution in [1.29, 1.82) is 0 Å². The summed E-state index contributed by atoms with van der Waals surface area (Å²) < 4.78 is 0. The molecule has 2 bridgehead atoms. The molecule has 0 aromatic heterocycles. The standard InChI is InChI=1S/C13H21NO2/c1-2-6-14-13(16)11-7-9-4-3-5-10(8-11)12(9)15/h9-11H,2-8H2,1H3,(H,14,16)/t9-,10+,11?. The van der Waals surface area contributed by atoms with Crippen molar-refractivity contribution in [2.24, 2.45) is 17.8 Å². The van der Waals surface area contributed by atoms with Crippen LogP contribution in [0.15, 0.2) is 0 Å². The van der Waals surface area contributed by atoms with Gasteiger partial charge in [-0.1, -0.05) is 13.3 Å². The lowest BCUT2D eigenvalue weighted by Gasteiger charge is -2.36. The summed E-state index contributed by atoms with van der Waals surface area (Å²) in [5.41, 5.74) is 0. The lowest BCUT2D eigenvalue weighted by Crippen LogP contribution is -2.42. The fourth-order valence-electron chi connectivity index (χ4n) is 3.09. The SMILES string of the molecule is CCCNC(=O)C1C[C@H]2CCC[C@@H](C1)C2=O. The van der Waals surface area contributed by atoms with Crippen molar-refractivity contribution < 1.29 is 9.59 Å². The molecule has 0 heterocycles. The summed E-state index contributed by atoms with van der Waals surface area (Å²) in [6.45, 7) is 2.82. The summed E-state index contributed by atoms with van der Waals surface area (Å²) >= 11 is 0. The van der Waals surface area contributed by atoms with Crippen molar-refractivity contribution in [1.82, 2.24) is 5.32 Å². The average Bonchev–Trinajstić information content (AvgIpc) is 2.25. The van der Waals surface area contributed by atoms with E-state index in [0.717, 1.165) is 38.6 Å². The van der Waals surface area contributed by atoms with Gasteiger partial charge in [0.15, 0.2) is 0 Å². The minimum atomic E-state index is 0.0968. The Morgan fingerprint density at radius 1 is 1.31 bits per heavy atom. The highest BCUT2D eigenvalue weighted by Crippen LogP contribution is 2.39. The molecule has 2 aliphatic carbocycles. The number of amides is 1. The van der Waals surface area contributed by atoms with Crippen molar-refractivity contribution in [2.45, 2.75) is 45.4 Å². The third-order valence-corrected chi connectivity index (χ3v) is 3.97. The third kappa shape index (κ3) is 2.28. The predicted molar refractivity (Wildman–Crippen MR) is 61.9 cm³/mol. The van der Waals surface area contributed by atoms with Gasteiger partial charge in [-0.3, -0.25) is 9.59 Å². The van der Waals surface area contributed by atoms with Gasteiger partial charge in [0, 0.05) is 24.3 Å². The highest BCUT2D eigenvalue weighted by atomic mass is 16.2. The Morgan fingerprint density at radius 3 is 2.50 bits per heavy atom. The molecule has 0 saturated heterocycles. The van der Waals surface area contributed by atoms with E-state index in [-0.39, 0.29) is 23.7 Å². The summed E-state index contributed by atoms with van der Waals surface area (Å²) in [5, 5.41) is 2.96. The van der Waals surface area contributed by atoms with Crippen molar-refractivity contribution >= 4 is 11.7 Å². The highest BCUT2D eigenvalue weighted by molar-refractivity contribution is 5.88. The molecule has 16 heavy (non-hydrogen) atoms. The van der Waals surface area contributed by atoms with Crippen LogP contribution in [-0.2, 0) is 9.59 Å². The van der Waals surface area contributed by atoms with Crippen LogP contribution in [0, 0.1) is 17.8 Å². The van der Waals surface area contributed by atoms with Gasteiger partial charge in [0.05, 0.1) is 0 Å². The molecule has 0 aromatic carbocycles. The van der Waals surface area contributed by atoms with E-state index in [1.54, 1.807) is 0 Å². The van der Waals surface area contributed by atoms with Crippen LogP contribution >= 0.6 is 0 Å². The maximum Gasteiger partial charge on any atom is 0.223 e. The largest absolute Gasteiger partial charge is 0.356 e. The van der Waals surface area contributed by atoms with Gasteiger partial charge in [-0.15, -0.1) is 0 Å². The molecule has 3 nitrogen and oxygen atoms in total. The van der Waals surface area contributed by atoms with Crippen LogP contribution in [0.25, 0.3) is 0 Å². The first kappa shape index (κ1) is 11.6. The quantitative estimate of drug-likeness (QED) is 0.794. The first-order valence-corrected chi connectivity index (χ1v) is 6.53. The molecule has 2 rings (SSSR count). The average molecular weight is 223 g/mol. The first-order chi connectivity index (χ1) is 7.72. The predicted octanol–water partition coefficient (Wildman–Crippen LogP) is 1.91. The molecule has 3 atom stereocenters. The molecule has 2 aliphatic rings. The number of rotatable bonds is 3. The van der Waals surface area contributed by atoms with Crippen LogP contribution in [0.3, 0.4) is 0 Å². The van der Waals surface area contributed by atoms with E-state index in [9.17, 15) is 9.59 Å². The van der Waals surface area contributed by atoms with Crippen molar-refractivity contribution in [3.63, 3.8) is 0 Å². The number of carbonyl (C=O) groups is 2. The van der Waals surface area contributed by atoms with Gasteiger partial charge < -0.3 is 5.32 Å². The van der Waals surface area contributed by atoms with Gasteiger partial charge in [0.1, 0.15) is 5.78 Å². The maximum atomic E-state index is 11.9. The molecule has 1 unspecified atom stereocenters. The number of ketones is 1. The number of hydrogen-bond donors (Lipinski definition) is 1. The fraction of sp³-hybridized carbons (Fsp3) is 0.846. The van der Waals surface area contributed by atoms with E-state index in [4.69, 9.17) is 0 Å². The summed E-state index contributed by atoms with van der Waals surface area (Å²) in [6.07, 6.45) is 5.75. The van der Waals surface area contributed by atoms with Gasteiger partial charge in [-0.05, 0) is 32.1 Å². The van der Waals surface area contributed by atoms with Crippen molar-refractivity contribution in [3.05, 3.63) is 0 Å². The van der Waals surface area contributed by atoms with Crippen molar-refractivity contribution in [2.75, 3.05) is 6.54 Å². The number of Topliss-reactive ketones (excluding diaryl/α,β-unsaturated/α-hetero) is 1. The lowest BCUT2D eigenvalue weighted by atomic mass is 9.67. The second-order valence-electron chi connectivity index (χ2n) is 5.19. The maximum absolute atomic E-state index is 11.9. The molecule has 0 aliphatic heterocycles. The zero-order chi connectivity index (χ0) is 11.5. The Morgan fingerprint density at radius 2 is 1.94 bits per heavy atom. The zero-order valence-electron chi connectivity index (χ0n) is 10.00. The Hall–Kier alpha value is -0.860. The summed E-state index contributed by atoms with van der Waals surface area (Å²) in [5.74, 6) is 1.08. The highest BCUT2D eigenvalue weighted by Gasteiger charge is 2.40. The zero-order valence-corrected chi connectivity index (χ0v) is 10.00. The normalized spacial score (nSPS) is 33.6. The molecular weight excluding hydrogens is 202 g/mol. The Balaban J connectivity index is 1.93. The Kier molecular flexibility index (Phi) is 3.62. The molecule has 2 saturated carbocycles. The minimum Gasteiger partial charge on any atom is -0.356 e. The van der Waals surface area contributed by atoms with Gasteiger partial charge in [-0.25, -0.2) is 0 Å². The summed E-state index contributed by atoms with van der Waals surface area (Å²) in [7, 11) is 0.